The number of pyridine rings is 1. The molecule has 2 aromatic heterocycles. The Morgan fingerprint density at radius 2 is 2.18 bits per heavy atom. The van der Waals surface area contributed by atoms with Gasteiger partial charge in [-0.1, -0.05) is 6.42 Å². The zero-order valence-corrected chi connectivity index (χ0v) is 12.1. The van der Waals surface area contributed by atoms with Crippen LogP contribution >= 0.6 is 0 Å². The summed E-state index contributed by atoms with van der Waals surface area (Å²) in [5.74, 6) is -1.29. The van der Waals surface area contributed by atoms with Gasteiger partial charge in [0.2, 0.25) is 5.91 Å². The second-order valence-electron chi connectivity index (χ2n) is 5.64. The number of aryl methyl sites for hydroxylation is 1. The summed E-state index contributed by atoms with van der Waals surface area (Å²) in [5.41, 5.74) is 6.01. The smallest absolute Gasteiger partial charge is 0.262 e. The number of nitrogens with zero attached hydrogens (tertiary/aromatic N) is 1. The lowest BCUT2D eigenvalue weighted by molar-refractivity contribution is -0.122. The van der Waals surface area contributed by atoms with Crippen LogP contribution in [0.3, 0.4) is 0 Å². The Balaban J connectivity index is 1.89. The lowest BCUT2D eigenvalue weighted by Gasteiger charge is -2.18. The van der Waals surface area contributed by atoms with Crippen LogP contribution in [0.5, 0.6) is 0 Å². The van der Waals surface area contributed by atoms with Crippen LogP contribution < -0.4 is 16.6 Å². The maximum Gasteiger partial charge on any atom is 0.262 e. The van der Waals surface area contributed by atoms with Crippen LogP contribution in [0.1, 0.15) is 35.3 Å². The van der Waals surface area contributed by atoms with E-state index in [0.29, 0.717) is 23.9 Å². The van der Waals surface area contributed by atoms with Crippen molar-refractivity contribution in [1.29, 1.82) is 0 Å². The van der Waals surface area contributed by atoms with Gasteiger partial charge in [-0.15, -0.1) is 0 Å². The van der Waals surface area contributed by atoms with Gasteiger partial charge in [0.25, 0.3) is 11.5 Å². The molecule has 0 spiro atoms. The Bertz CT molecular complexity index is 806. The molecule has 1 aliphatic carbocycles. The number of nitrogens with one attached hydrogen (secondary N) is 3. The van der Waals surface area contributed by atoms with Crippen molar-refractivity contribution in [3.05, 3.63) is 27.7 Å². The van der Waals surface area contributed by atoms with E-state index in [1.807, 2.05) is 0 Å². The highest BCUT2D eigenvalue weighted by atomic mass is 16.2. The molecule has 22 heavy (non-hydrogen) atoms. The molecule has 2 amide bonds. The summed E-state index contributed by atoms with van der Waals surface area (Å²) in [6, 6.07) is 1.20. The number of rotatable bonds is 3. The number of carbonyl (C=O) groups excluding carboxylic acids is 2. The highest BCUT2D eigenvalue weighted by Gasteiger charge is 2.33. The van der Waals surface area contributed by atoms with Crippen LogP contribution in [0, 0.1) is 12.8 Å². The number of fused-ring (bicyclic) bond motifs is 1. The van der Waals surface area contributed by atoms with Gasteiger partial charge in [0, 0.05) is 17.1 Å². The zero-order chi connectivity index (χ0) is 15.9. The first kappa shape index (κ1) is 14.3. The second kappa shape index (κ2) is 5.28. The van der Waals surface area contributed by atoms with Gasteiger partial charge in [-0.3, -0.25) is 19.5 Å². The maximum atomic E-state index is 12.4. The molecule has 5 N–H and O–H groups in total. The first-order valence-corrected chi connectivity index (χ1v) is 7.15. The van der Waals surface area contributed by atoms with Crippen LogP contribution in [0.25, 0.3) is 11.0 Å². The van der Waals surface area contributed by atoms with Gasteiger partial charge < -0.3 is 16.0 Å². The molecule has 3 rings (SSSR count). The Kier molecular flexibility index (Phi) is 3.44. The van der Waals surface area contributed by atoms with E-state index in [1.165, 1.54) is 6.07 Å². The van der Waals surface area contributed by atoms with E-state index in [-0.39, 0.29) is 17.5 Å². The number of primary amides is 1. The molecule has 116 valence electrons. The number of nitrogens with two attached hydrogens (primary N) is 1. The zero-order valence-electron chi connectivity index (χ0n) is 12.1. The molecule has 0 aliphatic heterocycles. The molecule has 1 fully saturated rings. The van der Waals surface area contributed by atoms with Crippen molar-refractivity contribution in [3.8, 4) is 0 Å². The van der Waals surface area contributed by atoms with Crippen LogP contribution in [-0.2, 0) is 4.79 Å². The van der Waals surface area contributed by atoms with Crippen molar-refractivity contribution in [2.24, 2.45) is 11.7 Å². The lowest BCUT2D eigenvalue weighted by atomic mass is 10.0. The molecule has 2 aromatic rings. The summed E-state index contributed by atoms with van der Waals surface area (Å²) in [5, 5.41) is 10.1. The fourth-order valence-electron chi connectivity index (χ4n) is 2.98. The Morgan fingerprint density at radius 3 is 2.91 bits per heavy atom. The van der Waals surface area contributed by atoms with E-state index in [0.717, 1.165) is 12.1 Å². The lowest BCUT2D eigenvalue weighted by Crippen LogP contribution is -2.43. The maximum absolute atomic E-state index is 12.4. The third-order valence-corrected chi connectivity index (χ3v) is 4.20. The largest absolute Gasteiger partial charge is 0.369 e. The van der Waals surface area contributed by atoms with E-state index in [2.05, 4.69) is 20.5 Å². The topological polar surface area (TPSA) is 134 Å². The Morgan fingerprint density at radius 1 is 1.41 bits per heavy atom. The summed E-state index contributed by atoms with van der Waals surface area (Å²) in [4.78, 5) is 38.3. The van der Waals surface area contributed by atoms with Crippen molar-refractivity contribution >= 4 is 22.8 Å². The molecule has 8 heteroatoms. The van der Waals surface area contributed by atoms with Gasteiger partial charge in [0.15, 0.2) is 5.65 Å². The van der Waals surface area contributed by atoms with E-state index in [1.54, 1.807) is 6.92 Å². The standard InChI is InChI=1S/C14H17N5O3/c1-6-8-5-9(14(22)17-12(8)19-18-6)13(21)16-10-4-2-3-7(10)11(15)20/h5,7,10H,2-4H2,1H3,(H2,15,20)(H,16,21)(H2,17,18,19,22)/t7-,10+/m0/s1. The minimum absolute atomic E-state index is 0.00659. The third kappa shape index (κ3) is 2.36. The Labute approximate surface area is 125 Å². The van der Waals surface area contributed by atoms with Gasteiger partial charge >= 0.3 is 0 Å². The van der Waals surface area contributed by atoms with E-state index >= 15 is 0 Å². The monoisotopic (exact) mass is 303 g/mol. The van der Waals surface area contributed by atoms with Crippen molar-refractivity contribution in [1.82, 2.24) is 20.5 Å². The molecule has 0 saturated heterocycles. The first-order valence-electron chi connectivity index (χ1n) is 7.15. The average molecular weight is 303 g/mol. The third-order valence-electron chi connectivity index (χ3n) is 4.20. The number of aromatic nitrogens is 3. The van der Waals surface area contributed by atoms with Gasteiger partial charge in [0.1, 0.15) is 5.56 Å². The van der Waals surface area contributed by atoms with E-state index in [4.69, 9.17) is 5.73 Å². The molecule has 8 nitrogen and oxygen atoms in total. The number of aromatic amines is 2. The van der Waals surface area contributed by atoms with Crippen molar-refractivity contribution in [2.45, 2.75) is 32.2 Å². The molecule has 0 aromatic carbocycles. The van der Waals surface area contributed by atoms with Gasteiger partial charge in [-0.05, 0) is 25.8 Å². The van der Waals surface area contributed by atoms with Gasteiger partial charge in [0.05, 0.1) is 5.92 Å². The molecule has 1 aliphatic rings. The van der Waals surface area contributed by atoms with E-state index in [9.17, 15) is 14.4 Å². The summed E-state index contributed by atoms with van der Waals surface area (Å²) >= 11 is 0. The highest BCUT2D eigenvalue weighted by molar-refractivity contribution is 5.97. The number of H-pyrrole nitrogens is 2. The summed E-state index contributed by atoms with van der Waals surface area (Å²) in [7, 11) is 0. The van der Waals surface area contributed by atoms with Crippen LogP contribution in [0.2, 0.25) is 0 Å². The SMILES string of the molecule is Cc1[nH]nc2[nH]c(=O)c(C(=O)N[C@@H]3CCC[C@@H]3C(N)=O)cc12. The van der Waals surface area contributed by atoms with Gasteiger partial charge in [-0.2, -0.15) is 5.10 Å². The number of amides is 2. The summed E-state index contributed by atoms with van der Waals surface area (Å²) < 4.78 is 0. The quantitative estimate of drug-likeness (QED) is 0.632. The Hall–Kier alpha value is -2.64. The number of hydrogen-bond acceptors (Lipinski definition) is 4. The normalized spacial score (nSPS) is 21.1. The average Bonchev–Trinajstić information content (AvgIpc) is 3.05. The van der Waals surface area contributed by atoms with Crippen LogP contribution in [-0.4, -0.2) is 33.0 Å². The van der Waals surface area contributed by atoms with Crippen LogP contribution in [0.15, 0.2) is 10.9 Å². The molecule has 1 saturated carbocycles. The summed E-state index contributed by atoms with van der Waals surface area (Å²) in [6.07, 6.45) is 2.18. The fourth-order valence-corrected chi connectivity index (χ4v) is 2.98. The molecule has 2 atom stereocenters. The van der Waals surface area contributed by atoms with Crippen molar-refractivity contribution in [2.75, 3.05) is 0 Å². The molecule has 2 heterocycles. The predicted octanol–water partition coefficient (Wildman–Crippen LogP) is -0.0566. The van der Waals surface area contributed by atoms with Gasteiger partial charge in [-0.25, -0.2) is 0 Å². The molecule has 0 bridgehead atoms. The summed E-state index contributed by atoms with van der Waals surface area (Å²) in [6.45, 7) is 1.80. The molecule has 0 radical (unpaired) electrons. The predicted molar refractivity (Wildman–Crippen MR) is 79.2 cm³/mol. The first-order chi connectivity index (χ1) is 10.5. The minimum atomic E-state index is -0.509. The van der Waals surface area contributed by atoms with E-state index < -0.39 is 17.4 Å². The molecular weight excluding hydrogens is 286 g/mol. The fraction of sp³-hybridized carbons (Fsp3) is 0.429. The van der Waals surface area contributed by atoms with Crippen molar-refractivity contribution < 1.29 is 9.59 Å². The number of carbonyl (C=O) groups is 2. The second-order valence-corrected chi connectivity index (χ2v) is 5.64. The minimum Gasteiger partial charge on any atom is -0.369 e. The molecule has 0 unspecified atom stereocenters. The number of hydrogen-bond donors (Lipinski definition) is 4. The highest BCUT2D eigenvalue weighted by Crippen LogP contribution is 2.25. The molecular formula is C14H17N5O3. The van der Waals surface area contributed by atoms with Crippen LogP contribution in [0.4, 0.5) is 0 Å². The van der Waals surface area contributed by atoms with Crippen molar-refractivity contribution in [3.63, 3.8) is 0 Å².